The minimum absolute atomic E-state index is 0.545. The number of benzene rings is 1. The fourth-order valence-corrected chi connectivity index (χ4v) is 2.77. The van der Waals surface area contributed by atoms with Crippen molar-refractivity contribution in [2.75, 3.05) is 25.4 Å². The molecule has 2 nitrogen and oxygen atoms in total. The third kappa shape index (κ3) is 7.00. The Balaban J connectivity index is 2.31. The lowest BCUT2D eigenvalue weighted by molar-refractivity contribution is 0.324. The first-order chi connectivity index (χ1) is 9.15. The van der Waals surface area contributed by atoms with E-state index in [2.05, 4.69) is 62.2 Å². The largest absolute Gasteiger partial charge is 0.310 e. The molecule has 0 unspecified atom stereocenters. The van der Waals surface area contributed by atoms with Gasteiger partial charge in [0.2, 0.25) is 0 Å². The zero-order chi connectivity index (χ0) is 14.1. The van der Waals surface area contributed by atoms with E-state index >= 15 is 0 Å². The minimum Gasteiger partial charge on any atom is -0.310 e. The molecule has 1 rings (SSSR count). The summed E-state index contributed by atoms with van der Waals surface area (Å²) >= 11 is 1.95. The fourth-order valence-electron chi connectivity index (χ4n) is 1.86. The molecule has 0 saturated carbocycles. The quantitative estimate of drug-likeness (QED) is 0.696. The van der Waals surface area contributed by atoms with Crippen molar-refractivity contribution < 1.29 is 0 Å². The van der Waals surface area contributed by atoms with Crippen LogP contribution in [0.5, 0.6) is 0 Å². The average Bonchev–Trinajstić information content (AvgIpc) is 2.42. The van der Waals surface area contributed by atoms with Gasteiger partial charge in [-0.15, -0.1) is 11.8 Å². The molecule has 0 saturated heterocycles. The van der Waals surface area contributed by atoms with Gasteiger partial charge in [0.25, 0.3) is 0 Å². The summed E-state index contributed by atoms with van der Waals surface area (Å²) in [6.07, 6.45) is 0. The predicted octanol–water partition coefficient (Wildman–Crippen LogP) is 3.62. The highest BCUT2D eigenvalue weighted by molar-refractivity contribution is 7.99. The van der Waals surface area contributed by atoms with Crippen LogP contribution in [0, 0.1) is 0 Å². The summed E-state index contributed by atoms with van der Waals surface area (Å²) in [6, 6.07) is 9.49. The van der Waals surface area contributed by atoms with E-state index in [0.717, 1.165) is 19.6 Å². The molecule has 108 valence electrons. The van der Waals surface area contributed by atoms with Crippen LogP contribution in [0.3, 0.4) is 0 Å². The molecule has 0 aliphatic heterocycles. The van der Waals surface area contributed by atoms with Gasteiger partial charge in [0.05, 0.1) is 0 Å². The normalized spacial score (nSPS) is 11.5. The van der Waals surface area contributed by atoms with Gasteiger partial charge >= 0.3 is 0 Å². The van der Waals surface area contributed by atoms with Crippen molar-refractivity contribution >= 4 is 11.8 Å². The van der Waals surface area contributed by atoms with Gasteiger partial charge in [0.15, 0.2) is 0 Å². The van der Waals surface area contributed by atoms with Gasteiger partial charge in [-0.1, -0.05) is 39.8 Å². The lowest BCUT2D eigenvalue weighted by Gasteiger charge is -2.17. The second kappa shape index (κ2) is 9.40. The summed E-state index contributed by atoms with van der Waals surface area (Å²) in [5.74, 6) is 1.17. The van der Waals surface area contributed by atoms with Gasteiger partial charge < -0.3 is 10.2 Å². The van der Waals surface area contributed by atoms with E-state index in [1.807, 2.05) is 11.8 Å². The van der Waals surface area contributed by atoms with Gasteiger partial charge in [-0.2, -0.15) is 0 Å². The molecule has 0 fully saturated rings. The zero-order valence-corrected chi connectivity index (χ0v) is 13.6. The molecule has 19 heavy (non-hydrogen) atoms. The lowest BCUT2D eigenvalue weighted by atomic mass is 10.2. The summed E-state index contributed by atoms with van der Waals surface area (Å²) in [5.41, 5.74) is 1.36. The van der Waals surface area contributed by atoms with Crippen molar-refractivity contribution in [1.82, 2.24) is 10.2 Å². The van der Waals surface area contributed by atoms with Gasteiger partial charge in [-0.25, -0.2) is 0 Å². The van der Waals surface area contributed by atoms with Crippen molar-refractivity contribution in [3.8, 4) is 0 Å². The first kappa shape index (κ1) is 16.5. The second-order valence-corrected chi connectivity index (χ2v) is 6.22. The van der Waals surface area contributed by atoms with E-state index in [-0.39, 0.29) is 0 Å². The number of rotatable bonds is 9. The Hall–Kier alpha value is -0.510. The average molecular weight is 280 g/mol. The highest BCUT2D eigenvalue weighted by Crippen LogP contribution is 2.18. The van der Waals surface area contributed by atoms with Crippen LogP contribution >= 0.6 is 11.8 Å². The van der Waals surface area contributed by atoms with Crippen LogP contribution in [0.2, 0.25) is 0 Å². The zero-order valence-electron chi connectivity index (χ0n) is 12.8. The number of thioether (sulfide) groups is 1. The summed E-state index contributed by atoms with van der Waals surface area (Å²) in [5, 5.41) is 3.44. The molecule has 0 spiro atoms. The third-order valence-corrected chi connectivity index (χ3v) is 4.20. The summed E-state index contributed by atoms with van der Waals surface area (Å²) in [4.78, 5) is 3.84. The number of nitrogens with zero attached hydrogens (tertiary/aromatic N) is 1. The topological polar surface area (TPSA) is 15.3 Å². The Kier molecular flexibility index (Phi) is 8.19. The summed E-state index contributed by atoms with van der Waals surface area (Å²) < 4.78 is 0. The number of hydrogen-bond acceptors (Lipinski definition) is 3. The predicted molar refractivity (Wildman–Crippen MR) is 86.9 cm³/mol. The molecule has 0 radical (unpaired) electrons. The molecular weight excluding hydrogens is 252 g/mol. The van der Waals surface area contributed by atoms with Crippen molar-refractivity contribution in [3.05, 3.63) is 29.8 Å². The smallest absolute Gasteiger partial charge is 0.0207 e. The molecule has 1 N–H and O–H groups in total. The molecular formula is C16H28N2S. The maximum absolute atomic E-state index is 3.44. The van der Waals surface area contributed by atoms with Crippen molar-refractivity contribution in [2.45, 2.75) is 45.2 Å². The summed E-state index contributed by atoms with van der Waals surface area (Å²) in [7, 11) is 0. The lowest BCUT2D eigenvalue weighted by Crippen LogP contribution is -2.25. The van der Waals surface area contributed by atoms with Gasteiger partial charge in [-0.3, -0.25) is 0 Å². The fraction of sp³-hybridized carbons (Fsp3) is 0.625. The van der Waals surface area contributed by atoms with E-state index in [1.165, 1.54) is 22.8 Å². The second-order valence-electron chi connectivity index (χ2n) is 5.05. The van der Waals surface area contributed by atoms with Gasteiger partial charge in [0.1, 0.15) is 0 Å². The van der Waals surface area contributed by atoms with E-state index in [9.17, 15) is 0 Å². The highest BCUT2D eigenvalue weighted by atomic mass is 32.2. The Bertz CT molecular complexity index is 331. The molecule has 0 aliphatic rings. The molecule has 0 heterocycles. The molecule has 0 bridgehead atoms. The monoisotopic (exact) mass is 280 g/mol. The first-order valence-corrected chi connectivity index (χ1v) is 8.31. The number of nitrogens with one attached hydrogen (secondary N) is 1. The molecule has 1 aromatic rings. The molecule has 0 amide bonds. The van der Waals surface area contributed by atoms with Crippen LogP contribution in [0.1, 0.15) is 33.3 Å². The summed E-state index contributed by atoms with van der Waals surface area (Å²) in [6.45, 7) is 13.2. The third-order valence-electron chi connectivity index (χ3n) is 3.21. The molecule has 0 aliphatic carbocycles. The van der Waals surface area contributed by atoms with E-state index < -0.39 is 0 Å². The Morgan fingerprint density at radius 2 is 1.74 bits per heavy atom. The van der Waals surface area contributed by atoms with E-state index in [0.29, 0.717) is 6.04 Å². The standard InChI is InChI=1S/C16H28N2S/c1-5-18(6-2)11-12-19-16-9-7-15(8-10-16)13-17-14(3)4/h7-10,14,17H,5-6,11-13H2,1-4H3. The van der Waals surface area contributed by atoms with Gasteiger partial charge in [0, 0.05) is 29.8 Å². The maximum atomic E-state index is 3.44. The number of hydrogen-bond donors (Lipinski definition) is 1. The molecule has 1 aromatic carbocycles. The van der Waals surface area contributed by atoms with E-state index in [4.69, 9.17) is 0 Å². The van der Waals surface area contributed by atoms with Crippen LogP contribution in [-0.2, 0) is 6.54 Å². The SMILES string of the molecule is CCN(CC)CCSc1ccc(CNC(C)C)cc1. The minimum atomic E-state index is 0.545. The van der Waals surface area contributed by atoms with Crippen LogP contribution in [0.15, 0.2) is 29.2 Å². The van der Waals surface area contributed by atoms with Crippen molar-refractivity contribution in [3.63, 3.8) is 0 Å². The first-order valence-electron chi connectivity index (χ1n) is 7.33. The Morgan fingerprint density at radius 3 is 2.26 bits per heavy atom. The Labute approximate surface area is 123 Å². The van der Waals surface area contributed by atoms with Crippen LogP contribution < -0.4 is 5.32 Å². The van der Waals surface area contributed by atoms with Crippen LogP contribution in [-0.4, -0.2) is 36.3 Å². The Morgan fingerprint density at radius 1 is 1.11 bits per heavy atom. The molecule has 0 aromatic heterocycles. The van der Waals surface area contributed by atoms with Gasteiger partial charge in [-0.05, 0) is 30.8 Å². The maximum Gasteiger partial charge on any atom is 0.0207 e. The van der Waals surface area contributed by atoms with Crippen LogP contribution in [0.25, 0.3) is 0 Å². The van der Waals surface area contributed by atoms with Crippen molar-refractivity contribution in [2.24, 2.45) is 0 Å². The van der Waals surface area contributed by atoms with E-state index in [1.54, 1.807) is 0 Å². The highest BCUT2D eigenvalue weighted by Gasteiger charge is 2.00. The van der Waals surface area contributed by atoms with Crippen molar-refractivity contribution in [1.29, 1.82) is 0 Å². The molecule has 0 atom stereocenters. The van der Waals surface area contributed by atoms with Crippen LogP contribution in [0.4, 0.5) is 0 Å². The molecule has 3 heteroatoms.